The molecule has 1 fully saturated rings. The van der Waals surface area contributed by atoms with E-state index in [4.69, 9.17) is 37.7 Å². The lowest BCUT2D eigenvalue weighted by Crippen LogP contribution is -2.57. The Morgan fingerprint density at radius 1 is 0.913 bits per heavy atom. The van der Waals surface area contributed by atoms with Crippen molar-refractivity contribution in [2.45, 2.75) is 45.9 Å². The van der Waals surface area contributed by atoms with Crippen LogP contribution in [-0.2, 0) is 9.59 Å². The number of piperazine rings is 1. The maximum Gasteiger partial charge on any atom is 0.326 e. The fraction of sp³-hybridized carbons (Fsp3) is 0.371. The summed E-state index contributed by atoms with van der Waals surface area (Å²) in [7, 11) is 1.58. The van der Waals surface area contributed by atoms with Crippen LogP contribution in [0, 0.1) is 5.92 Å². The fourth-order valence-electron chi connectivity index (χ4n) is 5.58. The summed E-state index contributed by atoms with van der Waals surface area (Å²) in [6, 6.07) is 18.6. The van der Waals surface area contributed by atoms with E-state index in [1.807, 2.05) is 58.0 Å². The number of methoxy groups -OCH3 is 1. The first kappa shape index (κ1) is 33.3. The van der Waals surface area contributed by atoms with Crippen molar-refractivity contribution in [1.29, 1.82) is 0 Å². The summed E-state index contributed by atoms with van der Waals surface area (Å²) in [6.45, 7) is 7.84. The molecule has 3 aromatic carbocycles. The maximum atomic E-state index is 14.7. The summed E-state index contributed by atoms with van der Waals surface area (Å²) in [5, 5.41) is 1.14. The number of urea groups is 1. The molecule has 2 aliphatic heterocycles. The lowest BCUT2D eigenvalue weighted by Gasteiger charge is -2.38. The van der Waals surface area contributed by atoms with Gasteiger partial charge in [0.25, 0.3) is 0 Å². The number of ether oxygens (including phenoxy) is 2. The van der Waals surface area contributed by atoms with Gasteiger partial charge < -0.3 is 19.3 Å². The standard InChI is InChI=1S/C35H38Cl2N4O5/c1-21(2)29(42)19-39-16-17-40(20-31(39)43)35(44)41-33(24-8-12-26(37)13-9-24)32(23-6-10-25(36)11-7-23)38-34(41)28-15-14-27(45-5)18-30(28)46-22(3)4/h6-15,18,21-22,32-33H,16-17,19-20H2,1-5H3. The van der Waals surface area contributed by atoms with Crippen LogP contribution in [0.3, 0.4) is 0 Å². The molecule has 0 radical (unpaired) electrons. The second-order valence-electron chi connectivity index (χ2n) is 12.0. The van der Waals surface area contributed by atoms with Crippen molar-refractivity contribution < 1.29 is 23.9 Å². The van der Waals surface area contributed by atoms with Gasteiger partial charge in [0.2, 0.25) is 5.91 Å². The van der Waals surface area contributed by atoms with Crippen molar-refractivity contribution in [3.63, 3.8) is 0 Å². The molecule has 242 valence electrons. The number of amides is 3. The summed E-state index contributed by atoms with van der Waals surface area (Å²) in [6.07, 6.45) is -0.171. The van der Waals surface area contributed by atoms with E-state index in [0.717, 1.165) is 11.1 Å². The van der Waals surface area contributed by atoms with Crippen LogP contribution in [0.5, 0.6) is 11.5 Å². The zero-order chi connectivity index (χ0) is 33.1. The van der Waals surface area contributed by atoms with Gasteiger partial charge in [0.05, 0.1) is 31.4 Å². The number of Topliss-reactive ketones (excluding diaryl/α,β-unsaturated/α-hetero) is 1. The molecule has 0 aromatic heterocycles. The summed E-state index contributed by atoms with van der Waals surface area (Å²) in [4.78, 5) is 50.3. The van der Waals surface area contributed by atoms with E-state index >= 15 is 0 Å². The molecule has 2 atom stereocenters. The number of halogens is 2. The number of benzene rings is 3. The fourth-order valence-corrected chi connectivity index (χ4v) is 5.83. The monoisotopic (exact) mass is 664 g/mol. The van der Waals surface area contributed by atoms with E-state index < -0.39 is 12.1 Å². The largest absolute Gasteiger partial charge is 0.497 e. The minimum absolute atomic E-state index is 0.0205. The Kier molecular flexibility index (Phi) is 10.2. The molecule has 3 amide bonds. The van der Waals surface area contributed by atoms with Crippen LogP contribution in [0.2, 0.25) is 10.0 Å². The molecule has 3 aromatic rings. The van der Waals surface area contributed by atoms with Crippen molar-refractivity contribution in [3.8, 4) is 11.5 Å². The van der Waals surface area contributed by atoms with Crippen LogP contribution in [0.15, 0.2) is 71.7 Å². The van der Waals surface area contributed by atoms with Crippen LogP contribution < -0.4 is 9.47 Å². The van der Waals surface area contributed by atoms with Gasteiger partial charge in [0, 0.05) is 35.1 Å². The molecule has 0 N–H and O–H groups in total. The molecule has 0 saturated carbocycles. The molecule has 5 rings (SSSR count). The number of carbonyl (C=O) groups is 3. The third-order valence-corrected chi connectivity index (χ3v) is 8.57. The van der Waals surface area contributed by atoms with Crippen molar-refractivity contribution in [2.75, 3.05) is 33.3 Å². The first-order valence-electron chi connectivity index (χ1n) is 15.3. The summed E-state index contributed by atoms with van der Waals surface area (Å²) in [5.41, 5.74) is 2.26. The normalized spacial score (nSPS) is 18.3. The predicted octanol–water partition coefficient (Wildman–Crippen LogP) is 6.82. The van der Waals surface area contributed by atoms with E-state index in [9.17, 15) is 14.4 Å². The molecule has 2 aliphatic rings. The van der Waals surface area contributed by atoms with Crippen LogP contribution in [0.1, 0.15) is 56.5 Å². The minimum atomic E-state index is -0.592. The highest BCUT2D eigenvalue weighted by Gasteiger charge is 2.45. The van der Waals surface area contributed by atoms with Gasteiger partial charge in [0.15, 0.2) is 5.78 Å². The second kappa shape index (κ2) is 14.1. The van der Waals surface area contributed by atoms with Crippen LogP contribution in [0.4, 0.5) is 4.79 Å². The van der Waals surface area contributed by atoms with Gasteiger partial charge in [-0.1, -0.05) is 61.3 Å². The minimum Gasteiger partial charge on any atom is -0.497 e. The predicted molar refractivity (Wildman–Crippen MR) is 179 cm³/mol. The number of amidine groups is 1. The first-order valence-corrected chi connectivity index (χ1v) is 16.0. The third-order valence-electron chi connectivity index (χ3n) is 8.07. The third kappa shape index (κ3) is 7.16. The first-order chi connectivity index (χ1) is 22.0. The number of hydrogen-bond acceptors (Lipinski definition) is 6. The Balaban J connectivity index is 1.62. The Bertz CT molecular complexity index is 1620. The number of hydrogen-bond donors (Lipinski definition) is 0. The van der Waals surface area contributed by atoms with Gasteiger partial charge in [-0.3, -0.25) is 19.5 Å². The maximum absolute atomic E-state index is 14.7. The molecular weight excluding hydrogens is 627 g/mol. The Hall–Kier alpha value is -4.08. The van der Waals surface area contributed by atoms with Gasteiger partial charge in [-0.05, 0) is 61.4 Å². The average Bonchev–Trinajstić information content (AvgIpc) is 3.42. The Morgan fingerprint density at radius 3 is 2.11 bits per heavy atom. The van der Waals surface area contributed by atoms with Crippen molar-refractivity contribution in [1.82, 2.24) is 14.7 Å². The number of nitrogens with zero attached hydrogens (tertiary/aromatic N) is 4. The van der Waals surface area contributed by atoms with Crippen LogP contribution in [0.25, 0.3) is 0 Å². The van der Waals surface area contributed by atoms with Crippen LogP contribution >= 0.6 is 23.2 Å². The summed E-state index contributed by atoms with van der Waals surface area (Å²) < 4.78 is 11.7. The highest BCUT2D eigenvalue weighted by atomic mass is 35.5. The lowest BCUT2D eigenvalue weighted by atomic mass is 9.93. The van der Waals surface area contributed by atoms with Crippen LogP contribution in [-0.4, -0.2) is 77.6 Å². The van der Waals surface area contributed by atoms with E-state index in [2.05, 4.69) is 0 Å². The van der Waals surface area contributed by atoms with Crippen molar-refractivity contribution in [3.05, 3.63) is 93.5 Å². The molecule has 2 heterocycles. The van der Waals surface area contributed by atoms with Gasteiger partial charge in [-0.25, -0.2) is 4.79 Å². The number of carbonyl (C=O) groups excluding carboxylic acids is 3. The van der Waals surface area contributed by atoms with E-state index in [1.165, 1.54) is 9.80 Å². The quantitative estimate of drug-likeness (QED) is 0.250. The average molecular weight is 666 g/mol. The Labute approximate surface area is 279 Å². The van der Waals surface area contributed by atoms with E-state index in [-0.39, 0.29) is 55.9 Å². The highest BCUT2D eigenvalue weighted by Crippen LogP contribution is 2.46. The number of aliphatic imine (C=N–C) groups is 1. The van der Waals surface area contributed by atoms with Gasteiger partial charge >= 0.3 is 6.03 Å². The lowest BCUT2D eigenvalue weighted by molar-refractivity contribution is -0.139. The molecular formula is C35H38Cl2N4O5. The molecule has 2 unspecified atom stereocenters. The molecule has 11 heteroatoms. The van der Waals surface area contributed by atoms with Gasteiger partial charge in [-0.2, -0.15) is 0 Å². The number of rotatable bonds is 9. The molecule has 46 heavy (non-hydrogen) atoms. The molecule has 0 aliphatic carbocycles. The van der Waals surface area contributed by atoms with Gasteiger partial charge in [0.1, 0.15) is 29.9 Å². The zero-order valence-corrected chi connectivity index (χ0v) is 28.1. The topological polar surface area (TPSA) is 91.8 Å². The smallest absolute Gasteiger partial charge is 0.326 e. The highest BCUT2D eigenvalue weighted by molar-refractivity contribution is 6.30. The molecule has 9 nitrogen and oxygen atoms in total. The second-order valence-corrected chi connectivity index (χ2v) is 12.9. The Morgan fingerprint density at radius 2 is 1.54 bits per heavy atom. The molecule has 1 saturated heterocycles. The summed E-state index contributed by atoms with van der Waals surface area (Å²) in [5.74, 6) is 1.01. The molecule has 0 bridgehead atoms. The molecule has 0 spiro atoms. The summed E-state index contributed by atoms with van der Waals surface area (Å²) >= 11 is 12.5. The zero-order valence-electron chi connectivity index (χ0n) is 26.6. The van der Waals surface area contributed by atoms with E-state index in [1.54, 1.807) is 48.4 Å². The van der Waals surface area contributed by atoms with Gasteiger partial charge in [-0.15, -0.1) is 0 Å². The van der Waals surface area contributed by atoms with E-state index in [0.29, 0.717) is 32.9 Å². The number of ketones is 1. The van der Waals surface area contributed by atoms with Crippen molar-refractivity contribution >= 4 is 46.8 Å². The van der Waals surface area contributed by atoms with Crippen molar-refractivity contribution in [2.24, 2.45) is 10.9 Å². The SMILES string of the molecule is COc1ccc(C2=NC(c3ccc(Cl)cc3)C(c3ccc(Cl)cc3)N2C(=O)N2CCN(CC(=O)C(C)C)C(=O)C2)c(OC(C)C)c1.